The van der Waals surface area contributed by atoms with Gasteiger partial charge in [0.2, 0.25) is 11.8 Å². The zero-order valence-electron chi connectivity index (χ0n) is 13.9. The van der Waals surface area contributed by atoms with Crippen LogP contribution in [0.5, 0.6) is 0 Å². The molecular weight excluding hydrogens is 334 g/mol. The number of rotatable bonds is 6. The second-order valence-electron chi connectivity index (χ2n) is 6.37. The largest absolute Gasteiger partial charge is 0.354 e. The predicted octanol–water partition coefficient (Wildman–Crippen LogP) is -0.427. The van der Waals surface area contributed by atoms with E-state index >= 15 is 0 Å². The highest BCUT2D eigenvalue weighted by Crippen LogP contribution is 2.16. The number of hydrogen-bond donors (Lipinski definition) is 4. The Balaban J connectivity index is 0.00000288. The summed E-state index contributed by atoms with van der Waals surface area (Å²) < 4.78 is 0. The topological polar surface area (TPSA) is 117 Å². The Morgan fingerprint density at radius 3 is 2.67 bits per heavy atom. The molecule has 2 heterocycles. The number of piperidine rings is 1. The zero-order valence-corrected chi connectivity index (χ0v) is 14.7. The minimum absolute atomic E-state index is 0. The number of hydrogen-bond acceptors (Lipinski definition) is 5. The van der Waals surface area contributed by atoms with Crippen LogP contribution in [-0.2, 0) is 9.59 Å². The van der Waals surface area contributed by atoms with Crippen molar-refractivity contribution in [3.8, 4) is 0 Å². The average Bonchev–Trinajstić information content (AvgIpc) is 3.05. The van der Waals surface area contributed by atoms with Crippen LogP contribution in [0.25, 0.3) is 0 Å². The van der Waals surface area contributed by atoms with Crippen molar-refractivity contribution in [2.24, 2.45) is 11.7 Å². The number of nitrogens with one attached hydrogen (secondary N) is 3. The molecule has 0 aromatic rings. The number of nitrogens with zero attached hydrogens (tertiary/aromatic N) is 1. The van der Waals surface area contributed by atoms with Crippen LogP contribution in [-0.4, -0.2) is 61.5 Å². The zero-order chi connectivity index (χ0) is 16.7. The number of urea groups is 1. The van der Waals surface area contributed by atoms with Crippen molar-refractivity contribution in [2.75, 3.05) is 32.7 Å². The van der Waals surface area contributed by atoms with E-state index in [4.69, 9.17) is 5.73 Å². The first kappa shape index (κ1) is 20.7. The fourth-order valence-corrected chi connectivity index (χ4v) is 3.26. The Kier molecular flexibility index (Phi) is 9.02. The van der Waals surface area contributed by atoms with E-state index in [0.717, 1.165) is 45.3 Å². The van der Waals surface area contributed by atoms with Crippen molar-refractivity contribution in [1.82, 2.24) is 20.9 Å². The summed E-state index contributed by atoms with van der Waals surface area (Å²) >= 11 is 0. The maximum atomic E-state index is 12.0. The van der Waals surface area contributed by atoms with E-state index in [1.165, 1.54) is 0 Å². The summed E-state index contributed by atoms with van der Waals surface area (Å²) in [6.07, 6.45) is 4.37. The van der Waals surface area contributed by atoms with Crippen LogP contribution >= 0.6 is 12.4 Å². The lowest BCUT2D eigenvalue weighted by Gasteiger charge is -2.32. The van der Waals surface area contributed by atoms with E-state index in [9.17, 15) is 14.4 Å². The first-order valence-corrected chi connectivity index (χ1v) is 8.37. The summed E-state index contributed by atoms with van der Waals surface area (Å²) in [6.45, 7) is 4.01. The van der Waals surface area contributed by atoms with Crippen LogP contribution in [0, 0.1) is 5.92 Å². The lowest BCUT2D eigenvalue weighted by Crippen LogP contribution is -2.46. The highest BCUT2D eigenvalue weighted by molar-refractivity contribution is 5.93. The number of carbonyl (C=O) groups excluding carboxylic acids is 3. The number of halogens is 1. The number of nitrogens with two attached hydrogens (primary N) is 1. The van der Waals surface area contributed by atoms with Gasteiger partial charge in [0, 0.05) is 26.1 Å². The van der Waals surface area contributed by atoms with Gasteiger partial charge in [0.1, 0.15) is 0 Å². The first-order chi connectivity index (χ1) is 11.0. The Labute approximate surface area is 148 Å². The van der Waals surface area contributed by atoms with Gasteiger partial charge in [-0.15, -0.1) is 12.4 Å². The standard InChI is InChI=1S/C15H27N5O3.ClH/c16-15(23)19-13(21)5-8-20-7-2-3-11(10-20)9-18-14(22)12-4-1-6-17-12;/h11-12,17H,1-10H2,(H,18,22)(H3,16,19,21,23);1H. The van der Waals surface area contributed by atoms with Gasteiger partial charge in [-0.1, -0.05) is 0 Å². The van der Waals surface area contributed by atoms with Gasteiger partial charge in [0.15, 0.2) is 0 Å². The third-order valence-corrected chi connectivity index (χ3v) is 4.46. The lowest BCUT2D eigenvalue weighted by atomic mass is 9.97. The Hall–Kier alpha value is -1.38. The van der Waals surface area contributed by atoms with Gasteiger partial charge in [-0.05, 0) is 44.7 Å². The maximum Gasteiger partial charge on any atom is 0.318 e. The smallest absolute Gasteiger partial charge is 0.318 e. The van der Waals surface area contributed by atoms with Gasteiger partial charge >= 0.3 is 6.03 Å². The molecule has 2 rings (SSSR count). The van der Waals surface area contributed by atoms with E-state index in [0.29, 0.717) is 19.0 Å². The molecule has 2 fully saturated rings. The van der Waals surface area contributed by atoms with Gasteiger partial charge in [0.25, 0.3) is 0 Å². The molecule has 138 valence electrons. The molecule has 8 nitrogen and oxygen atoms in total. The summed E-state index contributed by atoms with van der Waals surface area (Å²) in [6, 6.07) is -0.845. The third kappa shape index (κ3) is 7.02. The SMILES string of the molecule is Cl.NC(=O)NC(=O)CCN1CCCC(CNC(=O)C2CCCN2)C1. The van der Waals surface area contributed by atoms with Gasteiger partial charge in [-0.3, -0.25) is 14.9 Å². The van der Waals surface area contributed by atoms with Gasteiger partial charge in [-0.2, -0.15) is 0 Å². The molecule has 0 aromatic carbocycles. The van der Waals surface area contributed by atoms with Crippen molar-refractivity contribution >= 4 is 30.3 Å². The van der Waals surface area contributed by atoms with Gasteiger partial charge in [-0.25, -0.2) is 4.79 Å². The Morgan fingerprint density at radius 2 is 2.00 bits per heavy atom. The van der Waals surface area contributed by atoms with Crippen LogP contribution in [0.4, 0.5) is 4.79 Å². The van der Waals surface area contributed by atoms with E-state index in [1.54, 1.807) is 0 Å². The maximum absolute atomic E-state index is 12.0. The van der Waals surface area contributed by atoms with E-state index in [1.807, 2.05) is 0 Å². The highest BCUT2D eigenvalue weighted by Gasteiger charge is 2.24. The number of imide groups is 1. The summed E-state index contributed by atoms with van der Waals surface area (Å²) in [5.74, 6) is 0.161. The van der Waals surface area contributed by atoms with Crippen molar-refractivity contribution in [3.63, 3.8) is 0 Å². The minimum atomic E-state index is -0.810. The molecule has 9 heteroatoms. The van der Waals surface area contributed by atoms with Crippen molar-refractivity contribution < 1.29 is 14.4 Å². The molecule has 0 radical (unpaired) electrons. The molecule has 0 spiro atoms. The second-order valence-corrected chi connectivity index (χ2v) is 6.37. The van der Waals surface area contributed by atoms with Crippen LogP contribution < -0.4 is 21.7 Å². The number of amides is 4. The van der Waals surface area contributed by atoms with E-state index in [-0.39, 0.29) is 36.7 Å². The molecule has 5 N–H and O–H groups in total. The quantitative estimate of drug-likeness (QED) is 0.512. The average molecular weight is 362 g/mol. The molecule has 2 atom stereocenters. The van der Waals surface area contributed by atoms with Crippen molar-refractivity contribution in [2.45, 2.75) is 38.1 Å². The summed E-state index contributed by atoms with van der Waals surface area (Å²) in [5.41, 5.74) is 4.91. The molecule has 2 aliphatic heterocycles. The number of primary amides is 1. The first-order valence-electron chi connectivity index (χ1n) is 8.37. The molecule has 2 saturated heterocycles. The van der Waals surface area contributed by atoms with Gasteiger partial charge in [0.05, 0.1) is 6.04 Å². The molecule has 4 amide bonds. The summed E-state index contributed by atoms with van der Waals surface area (Å²) in [4.78, 5) is 36.2. The Bertz CT molecular complexity index is 443. The highest BCUT2D eigenvalue weighted by atomic mass is 35.5. The normalized spacial score (nSPS) is 24.0. The molecule has 2 unspecified atom stereocenters. The summed E-state index contributed by atoms with van der Waals surface area (Å²) in [7, 11) is 0. The Morgan fingerprint density at radius 1 is 1.21 bits per heavy atom. The van der Waals surface area contributed by atoms with Crippen LogP contribution in [0.1, 0.15) is 32.1 Å². The molecule has 0 aromatic heterocycles. The van der Waals surface area contributed by atoms with Crippen LogP contribution in [0.2, 0.25) is 0 Å². The number of carbonyl (C=O) groups is 3. The number of likely N-dealkylation sites (tertiary alicyclic amines) is 1. The molecule has 2 aliphatic rings. The lowest BCUT2D eigenvalue weighted by molar-refractivity contribution is -0.123. The summed E-state index contributed by atoms with van der Waals surface area (Å²) in [5, 5.41) is 8.31. The van der Waals surface area contributed by atoms with Crippen molar-refractivity contribution in [3.05, 3.63) is 0 Å². The van der Waals surface area contributed by atoms with E-state index in [2.05, 4.69) is 20.9 Å². The minimum Gasteiger partial charge on any atom is -0.354 e. The fourth-order valence-electron chi connectivity index (χ4n) is 3.26. The second kappa shape index (κ2) is 10.5. The van der Waals surface area contributed by atoms with Crippen LogP contribution in [0.3, 0.4) is 0 Å². The molecule has 24 heavy (non-hydrogen) atoms. The fraction of sp³-hybridized carbons (Fsp3) is 0.800. The third-order valence-electron chi connectivity index (χ3n) is 4.46. The van der Waals surface area contributed by atoms with Crippen LogP contribution in [0.15, 0.2) is 0 Å². The molecule has 0 bridgehead atoms. The monoisotopic (exact) mass is 361 g/mol. The molecule has 0 saturated carbocycles. The van der Waals surface area contributed by atoms with Gasteiger partial charge < -0.3 is 21.3 Å². The molecule has 0 aliphatic carbocycles. The predicted molar refractivity (Wildman–Crippen MR) is 92.8 cm³/mol. The van der Waals surface area contributed by atoms with Crippen molar-refractivity contribution in [1.29, 1.82) is 0 Å². The molecular formula is C15H28ClN5O3. The van der Waals surface area contributed by atoms with E-state index < -0.39 is 6.03 Å².